The van der Waals surface area contributed by atoms with Gasteiger partial charge in [0.1, 0.15) is 11.5 Å². The van der Waals surface area contributed by atoms with Crippen molar-refractivity contribution in [3.63, 3.8) is 0 Å². The Morgan fingerprint density at radius 2 is 1.26 bits per heavy atom. The Morgan fingerprint density at radius 3 is 1.88 bits per heavy atom. The minimum atomic E-state index is -1.88. The van der Waals surface area contributed by atoms with E-state index < -0.39 is 24.0 Å². The number of rotatable bonds is 11. The Kier molecular flexibility index (Phi) is 9.20. The lowest BCUT2D eigenvalue weighted by atomic mass is 10.0. The van der Waals surface area contributed by atoms with Crippen LogP contribution in [0, 0.1) is 0 Å². The molecule has 0 unspecified atom stereocenters. The normalized spacial score (nSPS) is 12.4. The Bertz CT molecular complexity index is 1070. The number of para-hydroxylation sites is 1. The smallest absolute Gasteiger partial charge is 0.252 e. The summed E-state index contributed by atoms with van der Waals surface area (Å²) in [6, 6.07) is 24.2. The van der Waals surface area contributed by atoms with Crippen LogP contribution in [0.5, 0.6) is 11.5 Å². The molecule has 2 atom stereocenters. The van der Waals surface area contributed by atoms with E-state index in [0.29, 0.717) is 11.5 Å². The van der Waals surface area contributed by atoms with Gasteiger partial charge in [-0.25, -0.2) is 0 Å². The van der Waals surface area contributed by atoms with Gasteiger partial charge in [0, 0.05) is 13.1 Å². The summed E-state index contributed by atoms with van der Waals surface area (Å²) in [7, 11) is 0. The highest BCUT2D eigenvalue weighted by molar-refractivity contribution is 5.90. The molecule has 0 aliphatic heterocycles. The van der Waals surface area contributed by atoms with Crippen LogP contribution in [-0.4, -0.2) is 34.2 Å². The van der Waals surface area contributed by atoms with E-state index in [4.69, 9.17) is 4.74 Å². The zero-order chi connectivity index (χ0) is 24.3. The van der Waals surface area contributed by atoms with Crippen LogP contribution in [0.3, 0.4) is 0 Å². The van der Waals surface area contributed by atoms with Crippen LogP contribution in [0.2, 0.25) is 0 Å². The summed E-state index contributed by atoms with van der Waals surface area (Å²) in [6.45, 7) is 2.40. The molecule has 0 saturated carbocycles. The Morgan fingerprint density at radius 1 is 0.735 bits per heavy atom. The zero-order valence-electron chi connectivity index (χ0n) is 19.1. The molecule has 0 bridgehead atoms. The predicted molar refractivity (Wildman–Crippen MR) is 129 cm³/mol. The molecule has 0 heterocycles. The predicted octanol–water partition coefficient (Wildman–Crippen LogP) is 3.09. The fourth-order valence-corrected chi connectivity index (χ4v) is 3.41. The van der Waals surface area contributed by atoms with Gasteiger partial charge in [0.25, 0.3) is 11.8 Å². The van der Waals surface area contributed by atoms with E-state index in [-0.39, 0.29) is 13.1 Å². The van der Waals surface area contributed by atoms with Gasteiger partial charge in [0.05, 0.1) is 0 Å². The van der Waals surface area contributed by atoms with Gasteiger partial charge in [-0.1, -0.05) is 67.9 Å². The Hall–Kier alpha value is -3.68. The lowest BCUT2D eigenvalue weighted by Gasteiger charge is -2.18. The fourth-order valence-electron chi connectivity index (χ4n) is 3.41. The first-order valence-corrected chi connectivity index (χ1v) is 11.3. The van der Waals surface area contributed by atoms with Crippen LogP contribution in [0.25, 0.3) is 0 Å². The molecule has 34 heavy (non-hydrogen) atoms. The van der Waals surface area contributed by atoms with E-state index in [9.17, 15) is 19.8 Å². The number of aryl methyl sites for hydroxylation is 1. The minimum Gasteiger partial charge on any atom is -0.457 e. The molecule has 4 N–H and O–H groups in total. The number of aliphatic hydroxyl groups is 2. The summed E-state index contributed by atoms with van der Waals surface area (Å²) in [5, 5.41) is 25.4. The number of amides is 2. The van der Waals surface area contributed by atoms with Gasteiger partial charge in [0.2, 0.25) is 0 Å². The van der Waals surface area contributed by atoms with Gasteiger partial charge < -0.3 is 25.6 Å². The molecular weight excluding hydrogens is 432 g/mol. The number of carbonyl (C=O) groups is 2. The maximum atomic E-state index is 12.3. The number of carbonyl (C=O) groups excluding carboxylic acids is 2. The van der Waals surface area contributed by atoms with E-state index in [0.717, 1.165) is 29.5 Å². The largest absolute Gasteiger partial charge is 0.457 e. The Balaban J connectivity index is 1.46. The van der Waals surface area contributed by atoms with Crippen LogP contribution in [0.15, 0.2) is 78.9 Å². The third kappa shape index (κ3) is 7.16. The number of hydrogen-bond donors (Lipinski definition) is 4. The second-order valence-electron chi connectivity index (χ2n) is 7.90. The maximum Gasteiger partial charge on any atom is 0.252 e. The molecule has 3 aromatic carbocycles. The second kappa shape index (κ2) is 12.5. The number of hydrogen-bond acceptors (Lipinski definition) is 5. The van der Waals surface area contributed by atoms with E-state index in [1.165, 1.54) is 0 Å². The molecule has 3 aromatic rings. The molecule has 3 rings (SSSR count). The molecule has 0 spiro atoms. The van der Waals surface area contributed by atoms with Crippen molar-refractivity contribution >= 4 is 11.8 Å². The average Bonchev–Trinajstić information content (AvgIpc) is 2.87. The molecule has 0 aromatic heterocycles. The first kappa shape index (κ1) is 25.0. The van der Waals surface area contributed by atoms with Gasteiger partial charge in [0.15, 0.2) is 12.2 Å². The first-order chi connectivity index (χ1) is 16.5. The lowest BCUT2D eigenvalue weighted by Crippen LogP contribution is -2.49. The summed E-state index contributed by atoms with van der Waals surface area (Å²) in [4.78, 5) is 24.5. The van der Waals surface area contributed by atoms with Crippen molar-refractivity contribution in [2.75, 3.05) is 0 Å². The van der Waals surface area contributed by atoms with Crippen molar-refractivity contribution in [2.24, 2.45) is 0 Å². The average molecular weight is 463 g/mol. The fraction of sp³-hybridized carbons (Fsp3) is 0.259. The summed E-state index contributed by atoms with van der Waals surface area (Å²) < 4.78 is 5.73. The third-order valence-corrected chi connectivity index (χ3v) is 5.30. The molecule has 0 aliphatic carbocycles. The van der Waals surface area contributed by atoms with Crippen LogP contribution in [-0.2, 0) is 29.1 Å². The molecule has 0 fully saturated rings. The summed E-state index contributed by atoms with van der Waals surface area (Å²) in [5.41, 5.74) is 2.81. The standard InChI is InChI=1S/C27H30N2O5/c1-2-8-20-9-6-7-10-21(20)18-29-27(33)25(31)24(30)26(32)28-17-19-13-15-23(16-14-19)34-22-11-4-3-5-12-22/h3-7,9-16,24-25,30-31H,2,8,17-18H2,1H3,(H,28,32)(H,29,33)/t24-,25-/m1/s1. The molecule has 7 heteroatoms. The highest BCUT2D eigenvalue weighted by atomic mass is 16.5. The summed E-state index contributed by atoms with van der Waals surface area (Å²) in [5.74, 6) is -0.281. The molecular formula is C27H30N2O5. The number of ether oxygens (including phenoxy) is 1. The number of nitrogens with one attached hydrogen (secondary N) is 2. The summed E-state index contributed by atoms with van der Waals surface area (Å²) in [6.07, 6.45) is -1.92. The van der Waals surface area contributed by atoms with Gasteiger partial charge in [-0.2, -0.15) is 0 Å². The van der Waals surface area contributed by atoms with Gasteiger partial charge >= 0.3 is 0 Å². The molecule has 7 nitrogen and oxygen atoms in total. The highest BCUT2D eigenvalue weighted by Crippen LogP contribution is 2.21. The quantitative estimate of drug-likeness (QED) is 0.350. The topological polar surface area (TPSA) is 108 Å². The highest BCUT2D eigenvalue weighted by Gasteiger charge is 2.30. The van der Waals surface area contributed by atoms with E-state index in [2.05, 4.69) is 17.6 Å². The molecule has 0 aliphatic rings. The monoisotopic (exact) mass is 462 g/mol. The molecule has 178 valence electrons. The van der Waals surface area contributed by atoms with E-state index in [1.54, 1.807) is 24.3 Å². The van der Waals surface area contributed by atoms with Gasteiger partial charge in [-0.05, 0) is 47.4 Å². The van der Waals surface area contributed by atoms with E-state index in [1.807, 2.05) is 54.6 Å². The van der Waals surface area contributed by atoms with Crippen molar-refractivity contribution in [3.8, 4) is 11.5 Å². The van der Waals surface area contributed by atoms with Crippen molar-refractivity contribution < 1.29 is 24.5 Å². The van der Waals surface area contributed by atoms with Crippen molar-refractivity contribution in [2.45, 2.75) is 45.1 Å². The number of benzene rings is 3. The second-order valence-corrected chi connectivity index (χ2v) is 7.90. The van der Waals surface area contributed by atoms with Crippen LogP contribution in [0.4, 0.5) is 0 Å². The molecule has 0 radical (unpaired) electrons. The van der Waals surface area contributed by atoms with Crippen molar-refractivity contribution in [3.05, 3.63) is 95.6 Å². The zero-order valence-corrected chi connectivity index (χ0v) is 19.1. The van der Waals surface area contributed by atoms with Crippen molar-refractivity contribution in [1.82, 2.24) is 10.6 Å². The minimum absolute atomic E-state index is 0.125. The van der Waals surface area contributed by atoms with Crippen LogP contribution < -0.4 is 15.4 Å². The molecule has 0 saturated heterocycles. The lowest BCUT2D eigenvalue weighted by molar-refractivity contribution is -0.146. The number of aliphatic hydroxyl groups excluding tert-OH is 2. The first-order valence-electron chi connectivity index (χ1n) is 11.3. The van der Waals surface area contributed by atoms with Crippen molar-refractivity contribution in [1.29, 1.82) is 0 Å². The van der Waals surface area contributed by atoms with Crippen LogP contribution in [0.1, 0.15) is 30.0 Å². The SMILES string of the molecule is CCCc1ccccc1CNC(=O)[C@H](O)[C@@H](O)C(=O)NCc1ccc(Oc2ccccc2)cc1. The van der Waals surface area contributed by atoms with Gasteiger partial charge in [-0.3, -0.25) is 9.59 Å². The van der Waals surface area contributed by atoms with Crippen LogP contribution >= 0.6 is 0 Å². The maximum absolute atomic E-state index is 12.3. The van der Waals surface area contributed by atoms with E-state index >= 15 is 0 Å². The third-order valence-electron chi connectivity index (χ3n) is 5.30. The molecule has 2 amide bonds. The Labute approximate surface area is 199 Å². The summed E-state index contributed by atoms with van der Waals surface area (Å²) >= 11 is 0. The van der Waals surface area contributed by atoms with Gasteiger partial charge in [-0.15, -0.1) is 0 Å².